The standard InChI is InChI=1S/C104H150N4S6/c1-11-19-27-35-39-47-55-77(51-43-31-23-15-5)71-103(72-78(52-44-32-24-16-6)56-48-40-36-28-20-12-2)87-70-86-84-63-61-82-68-92(89-65-66-91(111-89)94-99-97(105-113-107-99)93(90-64-59-75(9)109-90)98-100(94)108-114-106-98)112-102(82)96(84)104(73-79(53-45-33-25-17-7)57-49-41-37-29-21-13-3,74-80(54-46-34-26-18-8)58-50-42-38-30-22-14-4)88(86)69-85(87)83-62-60-81-67-76(10)110-101(81)95(83)103/h59-70,77-80H,11-58,71-74H2,1-10H3. The minimum Gasteiger partial charge on any atom is -0.172 e. The fraction of sp³-hybridized carbons (Fsp3) is 0.654. The van der Waals surface area contributed by atoms with Crippen molar-refractivity contribution in [3.8, 4) is 52.9 Å². The van der Waals surface area contributed by atoms with Crippen molar-refractivity contribution >= 4 is 111 Å². The van der Waals surface area contributed by atoms with E-state index in [9.17, 15) is 0 Å². The molecule has 0 bridgehead atoms. The number of aromatic nitrogens is 2. The number of rotatable bonds is 59. The topological polar surface area (TPSA) is 50.5 Å². The molecule has 622 valence electrons. The molecule has 9 aromatic rings. The van der Waals surface area contributed by atoms with E-state index in [-0.39, 0.29) is 10.8 Å². The highest BCUT2D eigenvalue weighted by Crippen LogP contribution is 2.66. The lowest BCUT2D eigenvalue weighted by Gasteiger charge is -2.40. The van der Waals surface area contributed by atoms with Crippen LogP contribution in [0.5, 0.6) is 0 Å². The van der Waals surface area contributed by atoms with Gasteiger partial charge in [-0.3, -0.25) is 0 Å². The van der Waals surface area contributed by atoms with Crippen molar-refractivity contribution in [3.05, 3.63) is 105 Å². The molecule has 0 spiro atoms. The van der Waals surface area contributed by atoms with Crippen LogP contribution in [0.3, 0.4) is 0 Å². The second-order valence-corrected chi connectivity index (χ2v) is 42.3. The molecule has 4 nitrogen and oxygen atoms in total. The van der Waals surface area contributed by atoms with Gasteiger partial charge in [-0.25, -0.2) is 0 Å². The predicted molar refractivity (Wildman–Crippen MR) is 513 cm³/mol. The van der Waals surface area contributed by atoms with E-state index >= 15 is 0 Å². The smallest absolute Gasteiger partial charge is 0.116 e. The van der Waals surface area contributed by atoms with Gasteiger partial charge in [0.25, 0.3) is 0 Å². The molecule has 5 aromatic heterocycles. The van der Waals surface area contributed by atoms with Crippen LogP contribution in [0, 0.1) is 37.5 Å². The van der Waals surface area contributed by atoms with Crippen molar-refractivity contribution in [1.82, 2.24) is 8.75 Å². The van der Waals surface area contributed by atoms with Crippen molar-refractivity contribution < 1.29 is 0 Å². The van der Waals surface area contributed by atoms with Gasteiger partial charge in [0.2, 0.25) is 0 Å². The Morgan fingerprint density at radius 3 is 0.982 bits per heavy atom. The van der Waals surface area contributed by atoms with Crippen molar-refractivity contribution in [2.24, 2.45) is 32.4 Å². The van der Waals surface area contributed by atoms with E-state index in [1.807, 2.05) is 22.7 Å². The van der Waals surface area contributed by atoms with Gasteiger partial charge in [-0.2, -0.15) is 17.5 Å². The number of thiophene rings is 4. The third kappa shape index (κ3) is 22.1. The molecule has 4 atom stereocenters. The number of aryl methyl sites for hydroxylation is 2. The van der Waals surface area contributed by atoms with Gasteiger partial charge >= 0.3 is 0 Å². The van der Waals surface area contributed by atoms with E-state index in [1.54, 1.807) is 53.9 Å². The third-order valence-corrected chi connectivity index (χ3v) is 33.1. The maximum atomic E-state index is 5.13. The second-order valence-electron chi connectivity index (χ2n) is 36.5. The van der Waals surface area contributed by atoms with Gasteiger partial charge in [-0.15, -0.1) is 45.3 Å². The Morgan fingerprint density at radius 1 is 0.289 bits per heavy atom. The summed E-state index contributed by atoms with van der Waals surface area (Å²) in [5.41, 5.74) is 19.3. The van der Waals surface area contributed by atoms with Gasteiger partial charge < -0.3 is 0 Å². The van der Waals surface area contributed by atoms with Crippen LogP contribution in [0.15, 0.2) is 81.5 Å². The van der Waals surface area contributed by atoms with E-state index in [0.717, 1.165) is 33.5 Å². The number of nitrogens with zero attached hydrogens (tertiary/aromatic N) is 4. The molecule has 0 saturated heterocycles. The Labute approximate surface area is 717 Å². The Morgan fingerprint density at radius 2 is 0.614 bits per heavy atom. The van der Waals surface area contributed by atoms with Crippen LogP contribution in [0.2, 0.25) is 0 Å². The number of hydrogen-bond acceptors (Lipinski definition) is 9. The first-order valence-corrected chi connectivity index (χ1v) is 52.7. The zero-order valence-corrected chi connectivity index (χ0v) is 78.1. The molecule has 10 heteroatoms. The molecular weight excluding hydrogens is 1500 g/mol. The summed E-state index contributed by atoms with van der Waals surface area (Å²) < 4.78 is 23.6. The first kappa shape index (κ1) is 89.1. The van der Waals surface area contributed by atoms with E-state index in [4.69, 9.17) is 17.5 Å². The average molecular weight is 1650 g/mol. The van der Waals surface area contributed by atoms with Crippen molar-refractivity contribution in [2.75, 3.05) is 0 Å². The summed E-state index contributed by atoms with van der Waals surface area (Å²) in [5.74, 6) is 2.68. The molecule has 0 fully saturated rings. The van der Waals surface area contributed by atoms with E-state index in [1.165, 1.54) is 397 Å². The van der Waals surface area contributed by atoms with Gasteiger partial charge in [-0.05, 0) is 167 Å². The van der Waals surface area contributed by atoms with Crippen LogP contribution in [-0.4, -0.2) is 8.75 Å². The van der Waals surface area contributed by atoms with Crippen LogP contribution in [0.4, 0.5) is 11.4 Å². The fourth-order valence-electron chi connectivity index (χ4n) is 21.5. The van der Waals surface area contributed by atoms with Crippen molar-refractivity contribution in [2.45, 2.75) is 414 Å². The zero-order valence-electron chi connectivity index (χ0n) is 73.2. The third-order valence-electron chi connectivity index (χ3n) is 27.5. The Kier molecular flexibility index (Phi) is 36.0. The summed E-state index contributed by atoms with van der Waals surface area (Å²) in [5, 5.41) is 2.95. The summed E-state index contributed by atoms with van der Waals surface area (Å²) in [7, 11) is 0. The molecule has 4 aromatic carbocycles. The predicted octanol–water partition coefficient (Wildman–Crippen LogP) is 38.0. The van der Waals surface area contributed by atoms with E-state index in [0.29, 0.717) is 23.7 Å². The Bertz CT molecular complexity index is 4390. The molecule has 6 heterocycles. The molecule has 0 radical (unpaired) electrons. The summed E-state index contributed by atoms with van der Waals surface area (Å²) >= 11 is 10.7. The molecule has 4 unspecified atom stereocenters. The molecule has 2 aliphatic carbocycles. The summed E-state index contributed by atoms with van der Waals surface area (Å²) in [6, 6.07) is 31.4. The summed E-state index contributed by atoms with van der Waals surface area (Å²) in [6.45, 7) is 23.9. The number of fused-ring (bicyclic) bond motifs is 12. The largest absolute Gasteiger partial charge is 0.172 e. The first-order chi connectivity index (χ1) is 56.0. The van der Waals surface area contributed by atoms with Crippen molar-refractivity contribution in [3.63, 3.8) is 0 Å². The van der Waals surface area contributed by atoms with Gasteiger partial charge in [0.1, 0.15) is 22.4 Å². The second kappa shape index (κ2) is 46.0. The van der Waals surface area contributed by atoms with E-state index < -0.39 is 0 Å². The van der Waals surface area contributed by atoms with Crippen LogP contribution in [0.1, 0.15) is 421 Å². The minimum atomic E-state index is -0.152. The normalized spacial score (nSPS) is 16.5. The molecule has 12 rings (SSSR count). The summed E-state index contributed by atoms with van der Waals surface area (Å²) in [4.78, 5) is 7.90. The first-order valence-electron chi connectivity index (χ1n) is 47.9. The molecule has 0 amide bonds. The molecule has 114 heavy (non-hydrogen) atoms. The Hall–Kier alpha value is -4.16. The van der Waals surface area contributed by atoms with Crippen LogP contribution in [0.25, 0.3) is 84.1 Å². The lowest BCUT2D eigenvalue weighted by molar-refractivity contribution is 0.249. The maximum Gasteiger partial charge on any atom is 0.116 e. The minimum absolute atomic E-state index is 0.0862. The van der Waals surface area contributed by atoms with Crippen LogP contribution in [-0.2, 0) is 22.2 Å². The van der Waals surface area contributed by atoms with Gasteiger partial charge in [0.15, 0.2) is 0 Å². The highest BCUT2D eigenvalue weighted by molar-refractivity contribution is 7.58. The lowest BCUT2D eigenvalue weighted by atomic mass is 9.63. The van der Waals surface area contributed by atoms with Gasteiger partial charge in [-0.1, -0.05) is 388 Å². The number of hydrogen-bond donors (Lipinski definition) is 0. The monoisotopic (exact) mass is 1650 g/mol. The highest BCUT2D eigenvalue weighted by atomic mass is 32.1. The lowest BCUT2D eigenvalue weighted by Crippen LogP contribution is -2.33. The quantitative estimate of drug-likeness (QED) is 0.0357. The van der Waals surface area contributed by atoms with Crippen LogP contribution >= 0.6 is 57.1 Å². The van der Waals surface area contributed by atoms with Crippen LogP contribution < -0.4 is 0 Å². The number of benzene rings is 4. The average Bonchev–Trinajstić information content (AvgIpc) is 1.51. The molecule has 0 N–H and O–H groups in total. The van der Waals surface area contributed by atoms with E-state index in [2.05, 4.69) is 165 Å². The van der Waals surface area contributed by atoms with Crippen molar-refractivity contribution in [1.29, 1.82) is 0 Å². The summed E-state index contributed by atoms with van der Waals surface area (Å²) in [6.07, 6.45) is 70.4. The van der Waals surface area contributed by atoms with Gasteiger partial charge in [0, 0.05) is 60.6 Å². The fourth-order valence-corrected chi connectivity index (χ4v) is 27.2. The molecule has 3 aliphatic rings. The molecule has 0 saturated carbocycles. The number of unbranched alkanes of at least 4 members (excludes halogenated alkanes) is 32. The maximum absolute atomic E-state index is 5.13. The van der Waals surface area contributed by atoms with Gasteiger partial charge in [0.05, 0.1) is 23.1 Å². The molecule has 1 aliphatic heterocycles. The molecular formula is C104H150N4S6. The zero-order chi connectivity index (χ0) is 79.5. The SMILES string of the molecule is CCCCCCCCC(CCCCCC)CC1(CC(CCCCCC)CCCCCCCC)c2cc3c(cc2-c2ccc4cc(C)sc4c21)C(CC(CCCCCC)CCCCCCCC)(CC(CCCCCC)CCCCCCCC)c1c-3ccc2cc(-c3ccc(-c4c5c(c(-c6ccc(C)s6)c6nsnc46)N=S=N5)s3)sc12. The highest BCUT2D eigenvalue weighted by Gasteiger charge is 2.52. The Balaban J connectivity index is 1.10.